The van der Waals surface area contributed by atoms with Gasteiger partial charge in [0.05, 0.1) is 23.3 Å². The van der Waals surface area contributed by atoms with Crippen LogP contribution in [0.2, 0.25) is 5.02 Å². The van der Waals surface area contributed by atoms with Crippen molar-refractivity contribution in [2.75, 3.05) is 25.5 Å². The Morgan fingerprint density at radius 3 is 2.51 bits per heavy atom. The lowest BCUT2D eigenvalue weighted by Crippen LogP contribution is -2.18. The molecule has 1 saturated heterocycles. The average Bonchev–Trinajstić information content (AvgIpc) is 3.39. The van der Waals surface area contributed by atoms with Crippen LogP contribution < -0.4 is 10.1 Å². The standard InChI is InChI=1S/C29H30ClN3O2/c1-3-20-17-31-26-11-8-21(22-15-25(30)29(34)27(16-22)35-2)14-24(26)28(20)32-23-9-6-19(7-10-23)18-33-12-4-5-13-33/h6-11,14-17,34H,3-5,12-13,18H2,1-2H3,(H,31,32). The highest BCUT2D eigenvalue weighted by atomic mass is 35.5. The number of nitrogens with one attached hydrogen (secondary N) is 1. The van der Waals surface area contributed by atoms with Crippen molar-refractivity contribution in [2.45, 2.75) is 32.7 Å². The molecule has 3 aromatic carbocycles. The molecule has 1 aliphatic heterocycles. The second-order valence-corrected chi connectivity index (χ2v) is 9.47. The molecule has 4 aromatic rings. The lowest BCUT2D eigenvalue weighted by atomic mass is 10.00. The third kappa shape index (κ3) is 4.93. The van der Waals surface area contributed by atoms with Crippen LogP contribution in [0.15, 0.2) is 60.8 Å². The molecule has 1 aromatic heterocycles. The third-order valence-electron chi connectivity index (χ3n) is 6.74. The molecule has 1 aliphatic rings. The lowest BCUT2D eigenvalue weighted by molar-refractivity contribution is 0.331. The Bertz CT molecular complexity index is 1350. The number of hydrogen-bond acceptors (Lipinski definition) is 5. The number of anilines is 2. The molecule has 0 spiro atoms. The van der Waals surface area contributed by atoms with Gasteiger partial charge in [0.2, 0.25) is 0 Å². The molecule has 0 amide bonds. The summed E-state index contributed by atoms with van der Waals surface area (Å²) in [6, 6.07) is 18.4. The Morgan fingerprint density at radius 2 is 1.80 bits per heavy atom. The van der Waals surface area contributed by atoms with E-state index in [-0.39, 0.29) is 10.8 Å². The number of likely N-dealkylation sites (tertiary alicyclic amines) is 1. The van der Waals surface area contributed by atoms with Crippen LogP contribution in [0.3, 0.4) is 0 Å². The van der Waals surface area contributed by atoms with Gasteiger partial charge < -0.3 is 15.2 Å². The van der Waals surface area contributed by atoms with E-state index in [0.717, 1.165) is 51.9 Å². The molecule has 2 N–H and O–H groups in total. The molecule has 35 heavy (non-hydrogen) atoms. The predicted octanol–water partition coefficient (Wildman–Crippen LogP) is 7.17. The van der Waals surface area contributed by atoms with E-state index in [9.17, 15) is 5.11 Å². The van der Waals surface area contributed by atoms with E-state index in [2.05, 4.69) is 52.5 Å². The zero-order chi connectivity index (χ0) is 24.4. The number of phenolic OH excluding ortho intramolecular Hbond substituents is 1. The molecule has 0 saturated carbocycles. The van der Waals surface area contributed by atoms with Crippen LogP contribution in [-0.2, 0) is 13.0 Å². The predicted molar refractivity (Wildman–Crippen MR) is 144 cm³/mol. The lowest BCUT2D eigenvalue weighted by Gasteiger charge is -2.17. The average molecular weight is 488 g/mol. The van der Waals surface area contributed by atoms with Crippen molar-refractivity contribution in [3.8, 4) is 22.6 Å². The smallest absolute Gasteiger partial charge is 0.176 e. The second-order valence-electron chi connectivity index (χ2n) is 9.06. The van der Waals surface area contributed by atoms with Gasteiger partial charge in [-0.15, -0.1) is 0 Å². The first-order valence-electron chi connectivity index (χ1n) is 12.1. The van der Waals surface area contributed by atoms with Crippen molar-refractivity contribution < 1.29 is 9.84 Å². The van der Waals surface area contributed by atoms with E-state index in [4.69, 9.17) is 16.3 Å². The summed E-state index contributed by atoms with van der Waals surface area (Å²) in [5.41, 5.74) is 7.35. The fourth-order valence-electron chi connectivity index (χ4n) is 4.76. The summed E-state index contributed by atoms with van der Waals surface area (Å²) in [4.78, 5) is 7.20. The molecule has 0 unspecified atom stereocenters. The normalized spacial score (nSPS) is 13.9. The number of halogens is 1. The van der Waals surface area contributed by atoms with Crippen LogP contribution in [0.1, 0.15) is 30.9 Å². The fourth-order valence-corrected chi connectivity index (χ4v) is 4.97. The number of methoxy groups -OCH3 is 1. The summed E-state index contributed by atoms with van der Waals surface area (Å²) in [5.74, 6) is 0.296. The van der Waals surface area contributed by atoms with Crippen molar-refractivity contribution in [1.29, 1.82) is 0 Å². The zero-order valence-corrected chi connectivity index (χ0v) is 20.9. The van der Waals surface area contributed by atoms with Crippen LogP contribution in [0.4, 0.5) is 11.4 Å². The summed E-state index contributed by atoms with van der Waals surface area (Å²) < 4.78 is 5.30. The minimum atomic E-state index is -0.0517. The van der Waals surface area contributed by atoms with Crippen molar-refractivity contribution >= 4 is 33.9 Å². The number of aryl methyl sites for hydroxylation is 1. The number of fused-ring (bicyclic) bond motifs is 1. The van der Waals surface area contributed by atoms with Crippen LogP contribution in [0.25, 0.3) is 22.0 Å². The number of phenols is 1. The molecule has 2 heterocycles. The molecule has 1 fully saturated rings. The molecule has 180 valence electrons. The maximum absolute atomic E-state index is 10.1. The van der Waals surface area contributed by atoms with E-state index in [1.54, 1.807) is 12.1 Å². The number of benzene rings is 3. The van der Waals surface area contributed by atoms with E-state index < -0.39 is 0 Å². The Morgan fingerprint density at radius 1 is 1.03 bits per heavy atom. The van der Waals surface area contributed by atoms with Gasteiger partial charge in [-0.05, 0) is 91.0 Å². The van der Waals surface area contributed by atoms with Gasteiger partial charge in [0.1, 0.15) is 0 Å². The Balaban J connectivity index is 1.50. The monoisotopic (exact) mass is 487 g/mol. The van der Waals surface area contributed by atoms with Crippen LogP contribution in [-0.4, -0.2) is 35.2 Å². The molecular weight excluding hydrogens is 458 g/mol. The minimum Gasteiger partial charge on any atom is -0.503 e. The SMILES string of the molecule is CCc1cnc2ccc(-c3cc(Cl)c(O)c(OC)c3)cc2c1Nc1ccc(CN2CCCC2)cc1. The van der Waals surface area contributed by atoms with Gasteiger partial charge in [-0.3, -0.25) is 9.88 Å². The fraction of sp³-hybridized carbons (Fsp3) is 0.276. The van der Waals surface area contributed by atoms with Crippen molar-refractivity contribution in [3.63, 3.8) is 0 Å². The maximum atomic E-state index is 10.1. The molecule has 0 atom stereocenters. The number of hydrogen-bond donors (Lipinski definition) is 2. The maximum Gasteiger partial charge on any atom is 0.176 e. The van der Waals surface area contributed by atoms with Crippen molar-refractivity contribution in [1.82, 2.24) is 9.88 Å². The van der Waals surface area contributed by atoms with E-state index in [0.29, 0.717) is 5.75 Å². The highest BCUT2D eigenvalue weighted by Crippen LogP contribution is 2.40. The molecule has 5 rings (SSSR count). The van der Waals surface area contributed by atoms with Crippen molar-refractivity contribution in [3.05, 3.63) is 76.9 Å². The zero-order valence-electron chi connectivity index (χ0n) is 20.1. The van der Waals surface area contributed by atoms with Gasteiger partial charge in [0.15, 0.2) is 11.5 Å². The van der Waals surface area contributed by atoms with Crippen LogP contribution >= 0.6 is 11.6 Å². The number of pyridine rings is 1. The second kappa shape index (κ2) is 10.1. The summed E-state index contributed by atoms with van der Waals surface area (Å²) >= 11 is 6.26. The highest BCUT2D eigenvalue weighted by Gasteiger charge is 2.14. The Labute approximate surface area is 211 Å². The first kappa shape index (κ1) is 23.5. The summed E-state index contributed by atoms with van der Waals surface area (Å²) in [7, 11) is 1.52. The quantitative estimate of drug-likeness (QED) is 0.289. The first-order chi connectivity index (χ1) is 17.1. The van der Waals surface area contributed by atoms with Gasteiger partial charge >= 0.3 is 0 Å². The van der Waals surface area contributed by atoms with Gasteiger partial charge in [-0.2, -0.15) is 0 Å². The number of ether oxygens (including phenoxy) is 1. The number of nitrogens with zero attached hydrogens (tertiary/aromatic N) is 2. The van der Waals surface area contributed by atoms with Gasteiger partial charge in [-0.25, -0.2) is 0 Å². The number of aromatic hydroxyl groups is 1. The number of rotatable bonds is 7. The van der Waals surface area contributed by atoms with Crippen LogP contribution in [0, 0.1) is 0 Å². The minimum absolute atomic E-state index is 0.0517. The molecule has 0 bridgehead atoms. The first-order valence-corrected chi connectivity index (χ1v) is 12.5. The molecule has 0 radical (unpaired) electrons. The molecule has 0 aliphatic carbocycles. The van der Waals surface area contributed by atoms with E-state index in [1.165, 1.54) is 38.6 Å². The summed E-state index contributed by atoms with van der Waals surface area (Å²) in [5, 5.41) is 15.1. The molecule has 6 heteroatoms. The number of aromatic nitrogens is 1. The Hall–Kier alpha value is -3.28. The van der Waals surface area contributed by atoms with Gasteiger partial charge in [0.25, 0.3) is 0 Å². The summed E-state index contributed by atoms with van der Waals surface area (Å²) in [6.07, 6.45) is 5.42. The van der Waals surface area contributed by atoms with Crippen LogP contribution in [0.5, 0.6) is 11.5 Å². The van der Waals surface area contributed by atoms with Gasteiger partial charge in [0, 0.05) is 23.8 Å². The van der Waals surface area contributed by atoms with E-state index >= 15 is 0 Å². The molecule has 5 nitrogen and oxygen atoms in total. The summed E-state index contributed by atoms with van der Waals surface area (Å²) in [6.45, 7) is 5.55. The van der Waals surface area contributed by atoms with Crippen molar-refractivity contribution in [2.24, 2.45) is 0 Å². The third-order valence-corrected chi connectivity index (χ3v) is 7.03. The Kier molecular flexibility index (Phi) is 6.80. The van der Waals surface area contributed by atoms with Gasteiger partial charge in [-0.1, -0.05) is 36.7 Å². The highest BCUT2D eigenvalue weighted by molar-refractivity contribution is 6.32. The topological polar surface area (TPSA) is 57.6 Å². The van der Waals surface area contributed by atoms with E-state index in [1.807, 2.05) is 18.3 Å². The largest absolute Gasteiger partial charge is 0.503 e. The molecular formula is C29H30ClN3O2.